The second-order valence-electron chi connectivity index (χ2n) is 8.16. The second kappa shape index (κ2) is 10.4. The summed E-state index contributed by atoms with van der Waals surface area (Å²) in [6.07, 6.45) is 0.789. The molecule has 186 valence electrons. The van der Waals surface area contributed by atoms with Crippen molar-refractivity contribution in [1.29, 1.82) is 0 Å². The molecule has 0 fully saturated rings. The molecule has 0 N–H and O–H groups in total. The number of benzene rings is 3. The van der Waals surface area contributed by atoms with Crippen LogP contribution in [0.4, 0.5) is 0 Å². The number of para-hydroxylation sites is 2. The molecule has 3 aromatic carbocycles. The molecular formula is C28H22BrN3O5. The summed E-state index contributed by atoms with van der Waals surface area (Å²) < 4.78 is 18.6. The molecular weight excluding hydrogens is 538 g/mol. The van der Waals surface area contributed by atoms with E-state index in [0.717, 1.165) is 5.39 Å². The van der Waals surface area contributed by atoms with Crippen molar-refractivity contribution in [1.82, 2.24) is 9.66 Å². The van der Waals surface area contributed by atoms with Crippen molar-refractivity contribution < 1.29 is 18.7 Å². The Morgan fingerprint density at radius 3 is 2.70 bits per heavy atom. The van der Waals surface area contributed by atoms with Crippen molar-refractivity contribution in [3.05, 3.63) is 93.2 Å². The number of hydrogen-bond donors (Lipinski definition) is 0. The van der Waals surface area contributed by atoms with E-state index in [1.54, 1.807) is 56.5 Å². The number of carbonyl (C=O) groups excluding carboxylic acids is 1. The summed E-state index contributed by atoms with van der Waals surface area (Å²) in [6.45, 7) is 3.64. The summed E-state index contributed by atoms with van der Waals surface area (Å²) in [5, 5.41) is 5.82. The van der Waals surface area contributed by atoms with Crippen molar-refractivity contribution in [2.45, 2.75) is 20.0 Å². The molecule has 1 atom stereocenters. The van der Waals surface area contributed by atoms with Crippen molar-refractivity contribution in [2.24, 2.45) is 5.10 Å². The van der Waals surface area contributed by atoms with E-state index >= 15 is 0 Å². The smallest absolute Gasteiger partial charge is 0.347 e. The van der Waals surface area contributed by atoms with Gasteiger partial charge < -0.3 is 13.9 Å². The van der Waals surface area contributed by atoms with Crippen LogP contribution in [0.25, 0.3) is 33.5 Å². The minimum absolute atomic E-state index is 0.280. The molecule has 0 aliphatic heterocycles. The van der Waals surface area contributed by atoms with Gasteiger partial charge in [0.2, 0.25) is 5.82 Å². The second-order valence-corrected chi connectivity index (χ2v) is 9.02. The van der Waals surface area contributed by atoms with E-state index in [9.17, 15) is 9.59 Å². The van der Waals surface area contributed by atoms with Crippen molar-refractivity contribution in [2.75, 3.05) is 6.61 Å². The number of ether oxygens (including phenoxy) is 2. The molecule has 0 unspecified atom stereocenters. The number of nitrogens with zero attached hydrogens (tertiary/aromatic N) is 3. The maximum atomic E-state index is 13.4. The van der Waals surface area contributed by atoms with Crippen LogP contribution in [0.3, 0.4) is 0 Å². The fraction of sp³-hybridized carbons (Fsp3) is 0.143. The Morgan fingerprint density at radius 1 is 1.14 bits per heavy atom. The van der Waals surface area contributed by atoms with Crippen LogP contribution in [0.2, 0.25) is 0 Å². The lowest BCUT2D eigenvalue weighted by Gasteiger charge is -2.14. The van der Waals surface area contributed by atoms with Crippen LogP contribution >= 0.6 is 15.9 Å². The zero-order valence-electron chi connectivity index (χ0n) is 20.1. The van der Waals surface area contributed by atoms with Crippen molar-refractivity contribution in [3.63, 3.8) is 0 Å². The van der Waals surface area contributed by atoms with E-state index in [4.69, 9.17) is 18.9 Å². The third-order valence-electron chi connectivity index (χ3n) is 5.60. The van der Waals surface area contributed by atoms with Gasteiger partial charge in [0.05, 0.1) is 28.2 Å². The van der Waals surface area contributed by atoms with Crippen molar-refractivity contribution in [3.8, 4) is 17.3 Å². The van der Waals surface area contributed by atoms with E-state index in [-0.39, 0.29) is 12.2 Å². The fourth-order valence-electron chi connectivity index (χ4n) is 3.80. The first kappa shape index (κ1) is 24.5. The number of aromatic nitrogens is 2. The lowest BCUT2D eigenvalue weighted by atomic mass is 10.2. The normalized spacial score (nSPS) is 12.3. The molecule has 8 nitrogen and oxygen atoms in total. The van der Waals surface area contributed by atoms with E-state index < -0.39 is 12.1 Å². The minimum atomic E-state index is -0.760. The number of esters is 1. The maximum Gasteiger partial charge on any atom is 0.347 e. The maximum absolute atomic E-state index is 13.4. The van der Waals surface area contributed by atoms with E-state index in [1.165, 1.54) is 4.68 Å². The van der Waals surface area contributed by atoms with E-state index in [1.807, 2.05) is 36.4 Å². The molecule has 0 amide bonds. The molecule has 2 aromatic heterocycles. The van der Waals surface area contributed by atoms with Gasteiger partial charge in [0.15, 0.2) is 11.9 Å². The van der Waals surface area contributed by atoms with Crippen LogP contribution in [0.1, 0.15) is 19.4 Å². The standard InChI is InChI=1S/C28H22BrN3O5/c1-3-35-28(34)17(2)36-24-13-12-18(14-21(24)29)16-30-32-26(25-15-19-8-4-7-11-23(19)37-25)31-22-10-6-5-9-20(22)27(32)33/h4-17H,3H2,1-2H3/t17-/m0/s1. The highest BCUT2D eigenvalue weighted by atomic mass is 79.9. The van der Waals surface area contributed by atoms with Gasteiger partial charge >= 0.3 is 5.97 Å². The SMILES string of the molecule is CCOC(=O)[C@H](C)Oc1ccc(C=Nn2c(-c3cc4ccccc4o3)nc3ccccc3c2=O)cc1Br. The average molecular weight is 560 g/mol. The van der Waals surface area contributed by atoms with Crippen LogP contribution in [-0.2, 0) is 9.53 Å². The molecule has 0 saturated carbocycles. The molecule has 2 heterocycles. The molecule has 5 rings (SSSR count). The fourth-order valence-corrected chi connectivity index (χ4v) is 4.29. The predicted molar refractivity (Wildman–Crippen MR) is 145 cm³/mol. The highest BCUT2D eigenvalue weighted by molar-refractivity contribution is 9.10. The van der Waals surface area contributed by atoms with Crippen LogP contribution in [0, 0.1) is 0 Å². The van der Waals surface area contributed by atoms with Crippen LogP contribution in [0.15, 0.2) is 91.6 Å². The molecule has 0 spiro atoms. The lowest BCUT2D eigenvalue weighted by Crippen LogP contribution is -2.26. The van der Waals surface area contributed by atoms with Crippen LogP contribution < -0.4 is 10.3 Å². The number of fused-ring (bicyclic) bond motifs is 2. The molecule has 0 aliphatic carbocycles. The zero-order valence-corrected chi connectivity index (χ0v) is 21.6. The van der Waals surface area contributed by atoms with E-state index in [0.29, 0.717) is 43.9 Å². The Morgan fingerprint density at radius 2 is 1.92 bits per heavy atom. The van der Waals surface area contributed by atoms with Gasteiger partial charge in [0.25, 0.3) is 5.56 Å². The lowest BCUT2D eigenvalue weighted by molar-refractivity contribution is -0.150. The molecule has 0 bridgehead atoms. The Balaban J connectivity index is 1.52. The minimum Gasteiger partial charge on any atom is -0.478 e. The highest BCUT2D eigenvalue weighted by Crippen LogP contribution is 2.28. The third kappa shape index (κ3) is 5.03. The number of furan rings is 1. The zero-order chi connectivity index (χ0) is 25.9. The van der Waals surface area contributed by atoms with Crippen molar-refractivity contribution >= 4 is 50.0 Å². The monoisotopic (exact) mass is 559 g/mol. The third-order valence-corrected chi connectivity index (χ3v) is 6.22. The summed E-state index contributed by atoms with van der Waals surface area (Å²) in [4.78, 5) is 30.0. The van der Waals surface area contributed by atoms with Gasteiger partial charge in [-0.05, 0) is 77.8 Å². The van der Waals surface area contributed by atoms with Crippen LogP contribution in [0.5, 0.6) is 5.75 Å². The predicted octanol–water partition coefficient (Wildman–Crippen LogP) is 5.78. The Labute approximate surface area is 220 Å². The number of carbonyl (C=O) groups is 1. The van der Waals surface area contributed by atoms with Gasteiger partial charge in [-0.15, -0.1) is 0 Å². The van der Waals surface area contributed by atoms with E-state index in [2.05, 4.69) is 21.0 Å². The summed E-state index contributed by atoms with van der Waals surface area (Å²) in [5.41, 5.74) is 1.61. The van der Waals surface area contributed by atoms with Gasteiger partial charge in [-0.25, -0.2) is 9.78 Å². The van der Waals surface area contributed by atoms with Gasteiger partial charge in [0.1, 0.15) is 11.3 Å². The Bertz CT molecular complexity index is 1670. The summed E-state index contributed by atoms with van der Waals surface area (Å²) in [6, 6.07) is 21.8. The summed E-state index contributed by atoms with van der Waals surface area (Å²) in [7, 11) is 0. The largest absolute Gasteiger partial charge is 0.478 e. The van der Waals surface area contributed by atoms with Crippen LogP contribution in [-0.4, -0.2) is 34.6 Å². The number of rotatable bonds is 7. The van der Waals surface area contributed by atoms with Gasteiger partial charge in [-0.1, -0.05) is 30.3 Å². The first-order chi connectivity index (χ1) is 17.9. The molecule has 0 saturated heterocycles. The summed E-state index contributed by atoms with van der Waals surface area (Å²) in [5.74, 6) is 0.754. The summed E-state index contributed by atoms with van der Waals surface area (Å²) >= 11 is 3.47. The van der Waals surface area contributed by atoms with Gasteiger partial charge in [-0.2, -0.15) is 9.78 Å². The molecule has 37 heavy (non-hydrogen) atoms. The highest BCUT2D eigenvalue weighted by Gasteiger charge is 2.18. The molecule has 0 radical (unpaired) electrons. The first-order valence-corrected chi connectivity index (χ1v) is 12.4. The quantitative estimate of drug-likeness (QED) is 0.185. The molecule has 0 aliphatic rings. The molecule has 5 aromatic rings. The first-order valence-electron chi connectivity index (χ1n) is 11.6. The van der Waals surface area contributed by atoms with Gasteiger partial charge in [0, 0.05) is 5.39 Å². The Hall–Kier alpha value is -4.24. The number of halogens is 1. The van der Waals surface area contributed by atoms with Gasteiger partial charge in [-0.3, -0.25) is 4.79 Å². The molecule has 9 heteroatoms. The Kier molecular flexibility index (Phi) is 6.87. The average Bonchev–Trinajstić information content (AvgIpc) is 3.34. The topological polar surface area (TPSA) is 95.9 Å². The number of hydrogen-bond acceptors (Lipinski definition) is 7.